The van der Waals surface area contributed by atoms with Crippen molar-refractivity contribution in [3.8, 4) is 17.6 Å². The number of halogens is 1. The number of amides is 1. The number of fused-ring (bicyclic) bond motifs is 1. The standard InChI is InChI=1S/C27H24FN3O2S/c1-29-25(32)15-12-19-6-8-21(9-7-19)18-31(17-16-20-10-13-22(33-2)14-11-20)27-30-24-5-3-4-23(28)26(24)34-27/h3-11,13-14H,16-18H2,1-2H3,(H,29,32). The van der Waals surface area contributed by atoms with Crippen LogP contribution >= 0.6 is 11.3 Å². The Bertz CT molecular complexity index is 1340. The number of ether oxygens (including phenoxy) is 1. The van der Waals surface area contributed by atoms with Crippen molar-refractivity contribution in [2.24, 2.45) is 0 Å². The van der Waals surface area contributed by atoms with E-state index in [9.17, 15) is 9.18 Å². The van der Waals surface area contributed by atoms with Crippen molar-refractivity contribution in [3.05, 3.63) is 89.2 Å². The summed E-state index contributed by atoms with van der Waals surface area (Å²) in [6, 6.07) is 20.7. The quantitative estimate of drug-likeness (QED) is 0.392. The predicted molar refractivity (Wildman–Crippen MR) is 135 cm³/mol. The highest BCUT2D eigenvalue weighted by Crippen LogP contribution is 2.31. The average Bonchev–Trinajstić information content (AvgIpc) is 3.32. The second kappa shape index (κ2) is 10.8. The maximum atomic E-state index is 14.3. The molecule has 0 aliphatic heterocycles. The maximum absolute atomic E-state index is 14.3. The Morgan fingerprint density at radius 1 is 1.09 bits per heavy atom. The van der Waals surface area contributed by atoms with Crippen molar-refractivity contribution in [2.45, 2.75) is 13.0 Å². The van der Waals surface area contributed by atoms with E-state index in [4.69, 9.17) is 9.72 Å². The van der Waals surface area contributed by atoms with Gasteiger partial charge in [0.25, 0.3) is 5.91 Å². The second-order valence-corrected chi connectivity index (χ2v) is 8.61. The number of anilines is 1. The molecule has 0 radical (unpaired) electrons. The Morgan fingerprint density at radius 3 is 2.50 bits per heavy atom. The molecule has 4 rings (SSSR count). The van der Waals surface area contributed by atoms with Crippen molar-refractivity contribution in [1.29, 1.82) is 0 Å². The fourth-order valence-corrected chi connectivity index (χ4v) is 4.44. The lowest BCUT2D eigenvalue weighted by Crippen LogP contribution is -2.25. The summed E-state index contributed by atoms with van der Waals surface area (Å²) in [5.74, 6) is 5.63. The Kier molecular flexibility index (Phi) is 7.41. The first-order valence-electron chi connectivity index (χ1n) is 10.8. The van der Waals surface area contributed by atoms with E-state index in [2.05, 4.69) is 34.2 Å². The first-order valence-corrected chi connectivity index (χ1v) is 11.6. The summed E-state index contributed by atoms with van der Waals surface area (Å²) in [5, 5.41) is 3.26. The number of nitrogens with zero attached hydrogens (tertiary/aromatic N) is 2. The van der Waals surface area contributed by atoms with Crippen molar-refractivity contribution >= 4 is 32.6 Å². The molecule has 0 aliphatic rings. The third-order valence-corrected chi connectivity index (χ3v) is 6.47. The molecule has 1 amide bonds. The van der Waals surface area contributed by atoms with E-state index < -0.39 is 0 Å². The summed E-state index contributed by atoms with van der Waals surface area (Å²) in [4.78, 5) is 18.2. The zero-order valence-corrected chi connectivity index (χ0v) is 19.8. The first-order chi connectivity index (χ1) is 16.6. The lowest BCUT2D eigenvalue weighted by molar-refractivity contribution is -0.115. The van der Waals surface area contributed by atoms with Gasteiger partial charge in [0.1, 0.15) is 11.6 Å². The van der Waals surface area contributed by atoms with E-state index in [0.29, 0.717) is 23.3 Å². The Morgan fingerprint density at radius 2 is 1.82 bits per heavy atom. The zero-order valence-electron chi connectivity index (χ0n) is 19.0. The minimum absolute atomic E-state index is 0.254. The number of rotatable bonds is 7. The van der Waals surface area contributed by atoms with E-state index in [1.807, 2.05) is 42.5 Å². The van der Waals surface area contributed by atoms with Gasteiger partial charge in [0, 0.05) is 31.6 Å². The number of hydrogen-bond donors (Lipinski definition) is 1. The van der Waals surface area contributed by atoms with Gasteiger partial charge in [0.05, 0.1) is 17.3 Å². The highest BCUT2D eigenvalue weighted by atomic mass is 32.1. The van der Waals surface area contributed by atoms with Gasteiger partial charge < -0.3 is 15.0 Å². The average molecular weight is 474 g/mol. The van der Waals surface area contributed by atoms with E-state index in [-0.39, 0.29) is 11.7 Å². The molecular weight excluding hydrogens is 449 g/mol. The number of nitrogens with one attached hydrogen (secondary N) is 1. The molecule has 0 spiro atoms. The molecule has 5 nitrogen and oxygen atoms in total. The summed E-state index contributed by atoms with van der Waals surface area (Å²) >= 11 is 1.36. The molecule has 7 heteroatoms. The fraction of sp³-hybridized carbons (Fsp3) is 0.185. The molecule has 1 heterocycles. The van der Waals surface area contributed by atoms with Crippen LogP contribution in [0.4, 0.5) is 9.52 Å². The van der Waals surface area contributed by atoms with Crippen molar-refractivity contribution in [2.75, 3.05) is 25.6 Å². The van der Waals surface area contributed by atoms with Crippen LogP contribution in [0.5, 0.6) is 5.75 Å². The van der Waals surface area contributed by atoms with Crippen LogP contribution in [0.1, 0.15) is 16.7 Å². The Hall–Kier alpha value is -3.89. The van der Waals surface area contributed by atoms with Crippen molar-refractivity contribution < 1.29 is 13.9 Å². The van der Waals surface area contributed by atoms with Crippen molar-refractivity contribution in [3.63, 3.8) is 0 Å². The number of benzene rings is 3. The zero-order chi connectivity index (χ0) is 23.9. The minimum atomic E-state index is -0.322. The molecule has 34 heavy (non-hydrogen) atoms. The molecule has 0 saturated heterocycles. The monoisotopic (exact) mass is 473 g/mol. The molecule has 0 bridgehead atoms. The number of thiazole rings is 1. The van der Waals surface area contributed by atoms with Crippen LogP contribution in [0.25, 0.3) is 10.2 Å². The molecule has 0 aliphatic carbocycles. The number of hydrogen-bond acceptors (Lipinski definition) is 5. The second-order valence-electron chi connectivity index (χ2n) is 7.63. The van der Waals surface area contributed by atoms with Crippen LogP contribution in [0.15, 0.2) is 66.7 Å². The minimum Gasteiger partial charge on any atom is -0.497 e. The normalized spacial score (nSPS) is 10.4. The number of carbonyl (C=O) groups is 1. The van der Waals surface area contributed by atoms with E-state index in [0.717, 1.165) is 28.4 Å². The van der Waals surface area contributed by atoms with Gasteiger partial charge in [-0.15, -0.1) is 0 Å². The van der Waals surface area contributed by atoms with Crippen LogP contribution in [0.2, 0.25) is 0 Å². The molecule has 0 fully saturated rings. The van der Waals surface area contributed by atoms with Crippen molar-refractivity contribution in [1.82, 2.24) is 10.3 Å². The maximum Gasteiger partial charge on any atom is 0.295 e. The summed E-state index contributed by atoms with van der Waals surface area (Å²) in [5.41, 5.74) is 3.67. The Balaban J connectivity index is 1.56. The van der Waals surface area contributed by atoms with Crippen LogP contribution in [-0.4, -0.2) is 31.6 Å². The van der Waals surface area contributed by atoms with Crippen LogP contribution in [0, 0.1) is 17.7 Å². The van der Waals surface area contributed by atoms with Gasteiger partial charge in [-0.05, 0) is 53.9 Å². The summed E-state index contributed by atoms with van der Waals surface area (Å²) in [6.07, 6.45) is 0.804. The van der Waals surface area contributed by atoms with E-state index in [1.54, 1.807) is 20.2 Å². The van der Waals surface area contributed by atoms with Crippen LogP contribution in [-0.2, 0) is 17.8 Å². The summed E-state index contributed by atoms with van der Waals surface area (Å²) in [7, 11) is 3.20. The fourth-order valence-electron chi connectivity index (χ4n) is 3.44. The molecular formula is C27H24FN3O2S. The number of carbonyl (C=O) groups excluding carboxylic acids is 1. The highest BCUT2D eigenvalue weighted by Gasteiger charge is 2.15. The number of methoxy groups -OCH3 is 1. The summed E-state index contributed by atoms with van der Waals surface area (Å²) < 4.78 is 20.1. The molecule has 3 aromatic carbocycles. The van der Waals surface area contributed by atoms with Gasteiger partial charge in [-0.25, -0.2) is 9.37 Å². The lowest BCUT2D eigenvalue weighted by atomic mass is 10.1. The molecule has 1 aromatic heterocycles. The van der Waals surface area contributed by atoms with E-state index >= 15 is 0 Å². The summed E-state index contributed by atoms with van der Waals surface area (Å²) in [6.45, 7) is 1.33. The number of aromatic nitrogens is 1. The van der Waals surface area contributed by atoms with Crippen LogP contribution < -0.4 is 15.0 Å². The smallest absolute Gasteiger partial charge is 0.295 e. The topological polar surface area (TPSA) is 54.5 Å². The highest BCUT2D eigenvalue weighted by molar-refractivity contribution is 7.22. The molecule has 0 unspecified atom stereocenters. The molecule has 172 valence electrons. The van der Waals surface area contributed by atoms with Gasteiger partial charge in [-0.3, -0.25) is 4.79 Å². The predicted octanol–water partition coefficient (Wildman–Crippen LogP) is 4.79. The molecule has 4 aromatic rings. The lowest BCUT2D eigenvalue weighted by Gasteiger charge is -2.22. The van der Waals surface area contributed by atoms with Gasteiger partial charge in [0.15, 0.2) is 5.13 Å². The van der Waals surface area contributed by atoms with E-state index in [1.165, 1.54) is 23.0 Å². The third-order valence-electron chi connectivity index (χ3n) is 5.33. The largest absolute Gasteiger partial charge is 0.497 e. The Labute approximate surface area is 202 Å². The van der Waals surface area contributed by atoms with Gasteiger partial charge >= 0.3 is 0 Å². The van der Waals surface area contributed by atoms with Gasteiger partial charge in [-0.2, -0.15) is 0 Å². The third kappa shape index (κ3) is 5.72. The van der Waals surface area contributed by atoms with Gasteiger partial charge in [-0.1, -0.05) is 47.6 Å². The van der Waals surface area contributed by atoms with Crippen LogP contribution in [0.3, 0.4) is 0 Å². The first kappa shape index (κ1) is 23.3. The molecule has 1 N–H and O–H groups in total. The van der Waals surface area contributed by atoms with Gasteiger partial charge in [0.2, 0.25) is 0 Å². The molecule has 0 atom stereocenters. The molecule has 0 saturated carbocycles. The SMILES string of the molecule is CNC(=O)C#Cc1ccc(CN(CCc2ccc(OC)cc2)c2nc3cccc(F)c3s2)cc1.